The molecule has 6 heteroatoms. The topological polar surface area (TPSA) is 37.4 Å². The standard InChI is InChI=1S/C34H25NO2S3/c1-34(2,3)20-14-15-24-25(16-20)31(37)26(30(24)36)17-23-18-27-32(38-23)33-28(39-27)19-29(40-33)35(21-10-6-4-7-11-21)22-12-8-5-9-13-22/h4-19H,1-3H3. The average Bonchev–Trinajstić information content (AvgIpc) is 3.67. The molecule has 0 N–H and O–H groups in total. The molecule has 0 unspecified atom stereocenters. The first kappa shape index (κ1) is 25.1. The number of hydrogen-bond acceptors (Lipinski definition) is 6. The van der Waals surface area contributed by atoms with E-state index < -0.39 is 0 Å². The number of carbonyl (C=O) groups excluding carboxylic acids is 2. The number of fused-ring (bicyclic) bond motifs is 4. The molecule has 1 aliphatic rings. The lowest BCUT2D eigenvalue weighted by Gasteiger charge is -2.23. The number of para-hydroxylation sites is 2. The molecule has 0 radical (unpaired) electrons. The summed E-state index contributed by atoms with van der Waals surface area (Å²) in [4.78, 5) is 29.7. The number of allylic oxidation sites excluding steroid dienone is 1. The predicted molar refractivity (Wildman–Crippen MR) is 172 cm³/mol. The Labute approximate surface area is 244 Å². The van der Waals surface area contributed by atoms with E-state index in [-0.39, 0.29) is 22.6 Å². The maximum absolute atomic E-state index is 13.3. The Hall–Kier alpha value is -3.84. The minimum absolute atomic E-state index is 0.0928. The summed E-state index contributed by atoms with van der Waals surface area (Å²) in [7, 11) is 0. The van der Waals surface area contributed by atoms with Crippen molar-refractivity contribution in [2.75, 3.05) is 4.90 Å². The molecule has 6 aromatic rings. The summed E-state index contributed by atoms with van der Waals surface area (Å²) in [6, 6.07) is 30.9. The van der Waals surface area contributed by atoms with E-state index in [1.165, 1.54) is 18.8 Å². The van der Waals surface area contributed by atoms with E-state index in [9.17, 15) is 9.59 Å². The number of nitrogens with zero attached hydrogens (tertiary/aromatic N) is 1. The second kappa shape index (κ2) is 9.37. The second-order valence-corrected chi connectivity index (χ2v) is 14.2. The van der Waals surface area contributed by atoms with E-state index in [0.717, 1.165) is 26.8 Å². The first-order valence-electron chi connectivity index (χ1n) is 13.1. The highest BCUT2D eigenvalue weighted by atomic mass is 32.1. The Bertz CT molecular complexity index is 1930. The number of hydrogen-bond donors (Lipinski definition) is 0. The van der Waals surface area contributed by atoms with Gasteiger partial charge in [-0.1, -0.05) is 63.2 Å². The van der Waals surface area contributed by atoms with Gasteiger partial charge in [-0.25, -0.2) is 0 Å². The third-order valence-corrected chi connectivity index (χ3v) is 10.9. The fourth-order valence-electron chi connectivity index (χ4n) is 5.14. The molecular formula is C34H25NO2S3. The molecular weight excluding hydrogens is 551 g/mol. The molecule has 3 nitrogen and oxygen atoms in total. The van der Waals surface area contributed by atoms with Crippen LogP contribution in [0.15, 0.2) is 96.6 Å². The average molecular weight is 576 g/mol. The van der Waals surface area contributed by atoms with Crippen LogP contribution >= 0.6 is 34.0 Å². The fourth-order valence-corrected chi connectivity index (χ4v) is 9.16. The molecule has 3 aromatic heterocycles. The van der Waals surface area contributed by atoms with Crippen LogP contribution in [0.3, 0.4) is 0 Å². The van der Waals surface area contributed by atoms with Gasteiger partial charge in [-0.3, -0.25) is 9.59 Å². The molecule has 3 heterocycles. The van der Waals surface area contributed by atoms with Gasteiger partial charge in [-0.15, -0.1) is 34.0 Å². The van der Waals surface area contributed by atoms with Crippen LogP contribution < -0.4 is 4.90 Å². The van der Waals surface area contributed by atoms with Crippen molar-refractivity contribution in [3.63, 3.8) is 0 Å². The van der Waals surface area contributed by atoms with E-state index in [1.807, 2.05) is 30.3 Å². The van der Waals surface area contributed by atoms with Gasteiger partial charge in [0.1, 0.15) is 5.00 Å². The fraction of sp³-hybridized carbons (Fsp3) is 0.118. The third-order valence-electron chi connectivity index (χ3n) is 7.23. The summed E-state index contributed by atoms with van der Waals surface area (Å²) in [6.45, 7) is 6.34. The Morgan fingerprint density at radius 2 is 1.25 bits per heavy atom. The summed E-state index contributed by atoms with van der Waals surface area (Å²) in [5.74, 6) is -0.352. The van der Waals surface area contributed by atoms with E-state index in [0.29, 0.717) is 11.1 Å². The minimum Gasteiger partial charge on any atom is -0.302 e. The van der Waals surface area contributed by atoms with Gasteiger partial charge in [-0.2, -0.15) is 0 Å². The van der Waals surface area contributed by atoms with Crippen molar-refractivity contribution in [3.05, 3.63) is 118 Å². The van der Waals surface area contributed by atoms with Crippen LogP contribution in [0, 0.1) is 0 Å². The number of anilines is 3. The van der Waals surface area contributed by atoms with Crippen molar-refractivity contribution in [1.82, 2.24) is 0 Å². The number of rotatable bonds is 4. The van der Waals surface area contributed by atoms with Crippen LogP contribution in [-0.4, -0.2) is 11.6 Å². The smallest absolute Gasteiger partial charge is 0.197 e. The van der Waals surface area contributed by atoms with Crippen LogP contribution in [-0.2, 0) is 5.41 Å². The lowest BCUT2D eigenvalue weighted by Crippen LogP contribution is -2.12. The van der Waals surface area contributed by atoms with Crippen molar-refractivity contribution in [3.8, 4) is 0 Å². The lowest BCUT2D eigenvalue weighted by atomic mass is 9.85. The highest BCUT2D eigenvalue weighted by Gasteiger charge is 2.34. The number of carbonyl (C=O) groups is 2. The molecule has 40 heavy (non-hydrogen) atoms. The summed E-state index contributed by atoms with van der Waals surface area (Å²) < 4.78 is 4.87. The van der Waals surface area contributed by atoms with E-state index in [4.69, 9.17) is 0 Å². The highest BCUT2D eigenvalue weighted by molar-refractivity contribution is 7.39. The summed E-state index contributed by atoms with van der Waals surface area (Å²) in [5, 5.41) is 1.15. The summed E-state index contributed by atoms with van der Waals surface area (Å²) in [6.07, 6.45) is 1.79. The van der Waals surface area contributed by atoms with E-state index >= 15 is 0 Å². The zero-order chi connectivity index (χ0) is 27.6. The lowest BCUT2D eigenvalue weighted by molar-refractivity contribution is 0.0990. The quantitative estimate of drug-likeness (QED) is 0.155. The van der Waals surface area contributed by atoms with Gasteiger partial charge < -0.3 is 4.90 Å². The van der Waals surface area contributed by atoms with Crippen molar-refractivity contribution in [1.29, 1.82) is 0 Å². The van der Waals surface area contributed by atoms with Crippen LogP contribution in [0.4, 0.5) is 16.4 Å². The van der Waals surface area contributed by atoms with Gasteiger partial charge in [-0.05, 0) is 65.6 Å². The van der Waals surface area contributed by atoms with Gasteiger partial charge in [0.25, 0.3) is 0 Å². The Kier molecular flexibility index (Phi) is 5.89. The molecule has 0 atom stereocenters. The van der Waals surface area contributed by atoms with Crippen molar-refractivity contribution in [2.24, 2.45) is 0 Å². The first-order chi connectivity index (χ1) is 19.3. The van der Waals surface area contributed by atoms with E-state index in [1.54, 1.807) is 40.1 Å². The monoisotopic (exact) mass is 575 g/mol. The molecule has 3 aromatic carbocycles. The van der Waals surface area contributed by atoms with Crippen molar-refractivity contribution in [2.45, 2.75) is 26.2 Å². The van der Waals surface area contributed by atoms with Gasteiger partial charge in [0.2, 0.25) is 0 Å². The molecule has 0 bridgehead atoms. The molecule has 1 aliphatic carbocycles. The van der Waals surface area contributed by atoms with Gasteiger partial charge in [0, 0.05) is 36.8 Å². The molecule has 7 rings (SSSR count). The summed E-state index contributed by atoms with van der Waals surface area (Å²) >= 11 is 5.18. The molecule has 0 fully saturated rings. The first-order valence-corrected chi connectivity index (χ1v) is 15.5. The molecule has 0 saturated heterocycles. The second-order valence-electron chi connectivity index (χ2n) is 11.0. The maximum atomic E-state index is 13.3. The summed E-state index contributed by atoms with van der Waals surface area (Å²) in [5.41, 5.74) is 4.48. The minimum atomic E-state index is -0.179. The maximum Gasteiger partial charge on any atom is 0.197 e. The van der Waals surface area contributed by atoms with Gasteiger partial charge >= 0.3 is 0 Å². The number of Topliss-reactive ketones (excluding diaryl/α,β-unsaturated/α-hetero) is 2. The third kappa shape index (κ3) is 4.15. The SMILES string of the molecule is CC(C)(C)c1ccc2c(c1)C(=O)C(=Cc1cc3sc4cc(N(c5ccccc5)c5ccccc5)sc4c3s1)C2=O. The number of thiophene rings is 3. The normalized spacial score (nSPS) is 14.5. The van der Waals surface area contributed by atoms with Crippen LogP contribution in [0.25, 0.3) is 24.9 Å². The van der Waals surface area contributed by atoms with Crippen molar-refractivity contribution < 1.29 is 9.59 Å². The van der Waals surface area contributed by atoms with Crippen LogP contribution in [0.1, 0.15) is 51.9 Å². The van der Waals surface area contributed by atoms with Gasteiger partial charge in [0.15, 0.2) is 11.6 Å². The highest BCUT2D eigenvalue weighted by Crippen LogP contribution is 2.49. The van der Waals surface area contributed by atoms with E-state index in [2.05, 4.69) is 86.3 Å². The van der Waals surface area contributed by atoms with Crippen LogP contribution in [0.2, 0.25) is 0 Å². The number of benzene rings is 3. The Morgan fingerprint density at radius 1 is 0.650 bits per heavy atom. The molecule has 0 saturated carbocycles. The van der Waals surface area contributed by atoms with Crippen LogP contribution in [0.5, 0.6) is 0 Å². The Morgan fingerprint density at radius 3 is 1.90 bits per heavy atom. The zero-order valence-corrected chi connectivity index (χ0v) is 24.7. The molecule has 0 spiro atoms. The van der Waals surface area contributed by atoms with Crippen molar-refractivity contribution >= 4 is 86.8 Å². The molecule has 0 amide bonds. The zero-order valence-electron chi connectivity index (χ0n) is 22.2. The van der Waals surface area contributed by atoms with Gasteiger partial charge in [0.05, 0.1) is 15.0 Å². The largest absolute Gasteiger partial charge is 0.302 e. The molecule has 0 aliphatic heterocycles. The Balaban J connectivity index is 1.27. The molecule has 196 valence electrons. The predicted octanol–water partition coefficient (Wildman–Crippen LogP) is 10.4. The number of ketones is 2.